The molecule has 1 atom stereocenters. The highest BCUT2D eigenvalue weighted by Gasteiger charge is 2.22. The molecule has 1 aliphatic rings. The number of carbonyl (C=O) groups is 1. The number of nitrogens with zero attached hydrogens (tertiary/aromatic N) is 4. The predicted octanol–water partition coefficient (Wildman–Crippen LogP) is 1.92. The Bertz CT molecular complexity index is 621. The zero-order chi connectivity index (χ0) is 14.8. The maximum Gasteiger partial charge on any atom is 0.250 e. The molecule has 0 radical (unpaired) electrons. The van der Waals surface area contributed by atoms with E-state index in [-0.39, 0.29) is 11.9 Å². The summed E-state index contributed by atoms with van der Waals surface area (Å²) in [6.45, 7) is 7.03. The molecule has 3 heterocycles. The van der Waals surface area contributed by atoms with E-state index in [1.807, 2.05) is 13.0 Å². The molecular formula is C14H19N5OS. The zero-order valence-electron chi connectivity index (χ0n) is 12.2. The van der Waals surface area contributed by atoms with E-state index in [1.54, 1.807) is 28.4 Å². The minimum atomic E-state index is -0.340. The number of hydrogen-bond acceptors (Lipinski definition) is 5. The van der Waals surface area contributed by atoms with Crippen LogP contribution in [0.5, 0.6) is 0 Å². The van der Waals surface area contributed by atoms with Gasteiger partial charge in [-0.2, -0.15) is 5.10 Å². The van der Waals surface area contributed by atoms with Crippen molar-refractivity contribution in [3.63, 3.8) is 0 Å². The molecule has 1 unspecified atom stereocenters. The summed E-state index contributed by atoms with van der Waals surface area (Å²) >= 11 is 1.58. The predicted molar refractivity (Wildman–Crippen MR) is 82.3 cm³/mol. The number of likely N-dealkylation sites (N-methyl/N-ethyl adjacent to an activating group) is 1. The SMILES string of the molecule is CCN1CCc2nc(NC(=O)C(C)n3cccn3)sc2C1. The second kappa shape index (κ2) is 5.95. The lowest BCUT2D eigenvalue weighted by molar-refractivity contribution is -0.119. The fourth-order valence-electron chi connectivity index (χ4n) is 2.41. The van der Waals surface area contributed by atoms with E-state index in [1.165, 1.54) is 4.88 Å². The number of fused-ring (bicyclic) bond motifs is 1. The first-order valence-corrected chi connectivity index (χ1v) is 8.00. The highest BCUT2D eigenvalue weighted by molar-refractivity contribution is 7.15. The van der Waals surface area contributed by atoms with Gasteiger partial charge in [-0.3, -0.25) is 14.4 Å². The fourth-order valence-corrected chi connectivity index (χ4v) is 3.46. The maximum absolute atomic E-state index is 12.2. The molecule has 3 rings (SSSR count). The van der Waals surface area contributed by atoms with Crippen LogP contribution in [0, 0.1) is 0 Å². The van der Waals surface area contributed by atoms with Crippen molar-refractivity contribution in [2.45, 2.75) is 32.9 Å². The third kappa shape index (κ3) is 2.98. The standard InChI is InChI=1S/C14H19N5OS/c1-3-18-8-5-11-12(9-18)21-14(16-11)17-13(20)10(2)19-7-4-6-15-19/h4,6-7,10H,3,5,8-9H2,1-2H3,(H,16,17,20). The molecule has 112 valence electrons. The summed E-state index contributed by atoms with van der Waals surface area (Å²) in [7, 11) is 0. The number of nitrogens with one attached hydrogen (secondary N) is 1. The quantitative estimate of drug-likeness (QED) is 0.937. The molecule has 21 heavy (non-hydrogen) atoms. The normalized spacial score (nSPS) is 16.5. The number of aromatic nitrogens is 3. The highest BCUT2D eigenvalue weighted by Crippen LogP contribution is 2.28. The van der Waals surface area contributed by atoms with E-state index < -0.39 is 0 Å². The average Bonchev–Trinajstić information content (AvgIpc) is 3.14. The van der Waals surface area contributed by atoms with E-state index in [0.29, 0.717) is 5.13 Å². The summed E-state index contributed by atoms with van der Waals surface area (Å²) in [6, 6.07) is 1.47. The Morgan fingerprint density at radius 1 is 1.57 bits per heavy atom. The van der Waals surface area contributed by atoms with Gasteiger partial charge in [0.05, 0.1) is 5.69 Å². The minimum Gasteiger partial charge on any atom is -0.300 e. The first kappa shape index (κ1) is 14.2. The maximum atomic E-state index is 12.2. The van der Waals surface area contributed by atoms with Crippen molar-refractivity contribution in [3.8, 4) is 0 Å². The Balaban J connectivity index is 1.69. The van der Waals surface area contributed by atoms with Gasteiger partial charge in [-0.1, -0.05) is 6.92 Å². The second-order valence-corrected chi connectivity index (χ2v) is 6.24. The van der Waals surface area contributed by atoms with Gasteiger partial charge in [0.1, 0.15) is 6.04 Å². The van der Waals surface area contributed by atoms with Crippen LogP contribution in [0.4, 0.5) is 5.13 Å². The third-order valence-electron chi connectivity index (χ3n) is 3.79. The number of thiazole rings is 1. The van der Waals surface area contributed by atoms with Crippen molar-refractivity contribution in [2.24, 2.45) is 0 Å². The van der Waals surface area contributed by atoms with Crippen LogP contribution in [-0.4, -0.2) is 38.7 Å². The van der Waals surface area contributed by atoms with E-state index in [0.717, 1.165) is 31.7 Å². The summed E-state index contributed by atoms with van der Waals surface area (Å²) in [6.07, 6.45) is 4.42. The molecule has 1 amide bonds. The molecule has 7 heteroatoms. The van der Waals surface area contributed by atoms with Crippen LogP contribution < -0.4 is 5.32 Å². The summed E-state index contributed by atoms with van der Waals surface area (Å²) < 4.78 is 1.64. The Morgan fingerprint density at radius 2 is 2.43 bits per heavy atom. The number of amides is 1. The van der Waals surface area contributed by atoms with Crippen molar-refractivity contribution < 1.29 is 4.79 Å². The fraction of sp³-hybridized carbons (Fsp3) is 0.500. The van der Waals surface area contributed by atoms with Crippen LogP contribution >= 0.6 is 11.3 Å². The average molecular weight is 305 g/mol. The molecule has 1 N–H and O–H groups in total. The monoisotopic (exact) mass is 305 g/mol. The number of carbonyl (C=O) groups excluding carboxylic acids is 1. The van der Waals surface area contributed by atoms with Crippen LogP contribution in [0.1, 0.15) is 30.5 Å². The Hall–Kier alpha value is -1.73. The largest absolute Gasteiger partial charge is 0.300 e. The lowest BCUT2D eigenvalue weighted by Gasteiger charge is -2.23. The second-order valence-electron chi connectivity index (χ2n) is 5.16. The molecule has 0 aliphatic carbocycles. The molecule has 0 saturated carbocycles. The van der Waals surface area contributed by atoms with Crippen LogP contribution in [0.2, 0.25) is 0 Å². The summed E-state index contributed by atoms with van der Waals surface area (Å²) in [5.41, 5.74) is 1.13. The molecule has 0 saturated heterocycles. The summed E-state index contributed by atoms with van der Waals surface area (Å²) in [5, 5.41) is 7.70. The molecule has 0 bridgehead atoms. The zero-order valence-corrected chi connectivity index (χ0v) is 13.1. The van der Waals surface area contributed by atoms with Gasteiger partial charge in [0, 0.05) is 36.8 Å². The molecule has 2 aromatic rings. The van der Waals surface area contributed by atoms with Gasteiger partial charge in [0.25, 0.3) is 5.91 Å². The smallest absolute Gasteiger partial charge is 0.250 e. The summed E-state index contributed by atoms with van der Waals surface area (Å²) in [5.74, 6) is -0.0860. The van der Waals surface area contributed by atoms with E-state index in [4.69, 9.17) is 0 Å². The third-order valence-corrected chi connectivity index (χ3v) is 4.79. The van der Waals surface area contributed by atoms with Crippen molar-refractivity contribution in [2.75, 3.05) is 18.4 Å². The molecular weight excluding hydrogens is 286 g/mol. The Morgan fingerprint density at radius 3 is 3.14 bits per heavy atom. The first-order valence-electron chi connectivity index (χ1n) is 7.18. The molecule has 2 aromatic heterocycles. The summed E-state index contributed by atoms with van der Waals surface area (Å²) in [4.78, 5) is 20.4. The topological polar surface area (TPSA) is 63.1 Å². The van der Waals surface area contributed by atoms with Crippen LogP contribution in [0.3, 0.4) is 0 Å². The molecule has 6 nitrogen and oxygen atoms in total. The van der Waals surface area contributed by atoms with Gasteiger partial charge in [0.15, 0.2) is 5.13 Å². The van der Waals surface area contributed by atoms with Crippen molar-refractivity contribution in [3.05, 3.63) is 29.0 Å². The van der Waals surface area contributed by atoms with Gasteiger partial charge in [0.2, 0.25) is 0 Å². The molecule has 1 aliphatic heterocycles. The van der Waals surface area contributed by atoms with Crippen LogP contribution in [0.15, 0.2) is 18.5 Å². The number of hydrogen-bond donors (Lipinski definition) is 1. The number of anilines is 1. The first-order chi connectivity index (χ1) is 10.2. The van der Waals surface area contributed by atoms with Gasteiger partial charge < -0.3 is 5.32 Å². The minimum absolute atomic E-state index is 0.0860. The lowest BCUT2D eigenvalue weighted by Crippen LogP contribution is -2.29. The number of rotatable bonds is 4. The van der Waals surface area contributed by atoms with Crippen LogP contribution in [0.25, 0.3) is 0 Å². The Kier molecular flexibility index (Phi) is 4.03. The molecule has 0 aromatic carbocycles. The highest BCUT2D eigenvalue weighted by atomic mass is 32.1. The molecule has 0 spiro atoms. The van der Waals surface area contributed by atoms with E-state index >= 15 is 0 Å². The van der Waals surface area contributed by atoms with Gasteiger partial charge in [-0.15, -0.1) is 11.3 Å². The lowest BCUT2D eigenvalue weighted by atomic mass is 10.2. The van der Waals surface area contributed by atoms with Crippen molar-refractivity contribution in [1.82, 2.24) is 19.7 Å². The van der Waals surface area contributed by atoms with E-state index in [2.05, 4.69) is 27.2 Å². The van der Waals surface area contributed by atoms with Gasteiger partial charge in [-0.25, -0.2) is 4.98 Å². The van der Waals surface area contributed by atoms with Crippen molar-refractivity contribution in [1.29, 1.82) is 0 Å². The molecule has 0 fully saturated rings. The van der Waals surface area contributed by atoms with Crippen LogP contribution in [-0.2, 0) is 17.8 Å². The van der Waals surface area contributed by atoms with Crippen molar-refractivity contribution >= 4 is 22.4 Å². The van der Waals surface area contributed by atoms with E-state index in [9.17, 15) is 4.79 Å². The van der Waals surface area contributed by atoms with Gasteiger partial charge >= 0.3 is 0 Å². The van der Waals surface area contributed by atoms with Gasteiger partial charge in [-0.05, 0) is 19.5 Å². The Labute approximate surface area is 127 Å².